The van der Waals surface area contributed by atoms with Crippen LogP contribution >= 0.6 is 11.3 Å². The Morgan fingerprint density at radius 2 is 1.69 bits per heavy atom. The first-order valence-corrected chi connectivity index (χ1v) is 12.4. The van der Waals surface area contributed by atoms with E-state index in [0.717, 1.165) is 17.9 Å². The summed E-state index contributed by atoms with van der Waals surface area (Å²) in [5.74, 6) is -0.237. The van der Waals surface area contributed by atoms with E-state index < -0.39 is 10.0 Å². The smallest absolute Gasteiger partial charge is 0.261 e. The van der Waals surface area contributed by atoms with Gasteiger partial charge in [0.05, 0.1) is 22.7 Å². The number of amides is 1. The molecule has 8 heteroatoms. The fraction of sp³-hybridized carbons (Fsp3) is 0.125. The van der Waals surface area contributed by atoms with Gasteiger partial charge in [0.2, 0.25) is 0 Å². The average Bonchev–Trinajstić information content (AvgIpc) is 3.38. The first-order chi connectivity index (χ1) is 15.3. The number of aromatic nitrogens is 1. The molecule has 4 aromatic rings. The predicted octanol–water partition coefficient (Wildman–Crippen LogP) is 5.27. The number of nitrogens with one attached hydrogen (secondary N) is 2. The molecule has 0 saturated carbocycles. The summed E-state index contributed by atoms with van der Waals surface area (Å²) in [6.45, 7) is 4.63. The topological polar surface area (TPSA) is 80.2 Å². The van der Waals surface area contributed by atoms with Crippen LogP contribution in [-0.2, 0) is 16.6 Å². The van der Waals surface area contributed by atoms with E-state index in [-0.39, 0.29) is 10.8 Å². The minimum atomic E-state index is -3.71. The van der Waals surface area contributed by atoms with Gasteiger partial charge in [-0.05, 0) is 61.7 Å². The minimum absolute atomic E-state index is 0.174. The molecule has 6 nitrogen and oxygen atoms in total. The van der Waals surface area contributed by atoms with Crippen LogP contribution in [0.2, 0.25) is 0 Å². The molecule has 0 spiro atoms. The number of thiophene rings is 1. The Labute approximate surface area is 191 Å². The lowest BCUT2D eigenvalue weighted by molar-refractivity contribution is 0.102. The number of benzene rings is 2. The zero-order valence-electron chi connectivity index (χ0n) is 17.7. The Balaban J connectivity index is 1.51. The highest BCUT2D eigenvalue weighted by atomic mass is 32.2. The molecule has 1 amide bonds. The van der Waals surface area contributed by atoms with Gasteiger partial charge in [0, 0.05) is 22.0 Å². The third-order valence-electron chi connectivity index (χ3n) is 5.14. The summed E-state index contributed by atoms with van der Waals surface area (Å²) in [7, 11) is -3.71. The number of hydrogen-bond acceptors (Lipinski definition) is 4. The molecule has 0 atom stereocenters. The Morgan fingerprint density at radius 1 is 0.938 bits per heavy atom. The molecule has 0 radical (unpaired) electrons. The van der Waals surface area contributed by atoms with E-state index in [1.165, 1.54) is 17.0 Å². The van der Waals surface area contributed by atoms with Crippen molar-refractivity contribution in [2.75, 3.05) is 10.0 Å². The summed E-state index contributed by atoms with van der Waals surface area (Å²) >= 11 is 1.68. The van der Waals surface area contributed by atoms with Crippen LogP contribution in [0.25, 0.3) is 0 Å². The number of aryl methyl sites for hydroxylation is 1. The maximum atomic E-state index is 13.0. The lowest BCUT2D eigenvalue weighted by Crippen LogP contribution is -2.15. The van der Waals surface area contributed by atoms with Gasteiger partial charge in [-0.2, -0.15) is 0 Å². The molecule has 2 N–H and O–H groups in total. The molecule has 0 bridgehead atoms. The van der Waals surface area contributed by atoms with E-state index in [9.17, 15) is 13.2 Å². The van der Waals surface area contributed by atoms with Crippen LogP contribution in [-0.4, -0.2) is 18.9 Å². The number of hydrogen-bond donors (Lipinski definition) is 2. The summed E-state index contributed by atoms with van der Waals surface area (Å²) in [5, 5.41) is 4.92. The quantitative estimate of drug-likeness (QED) is 0.390. The summed E-state index contributed by atoms with van der Waals surface area (Å²) < 4.78 is 29.8. The van der Waals surface area contributed by atoms with E-state index in [1.807, 2.05) is 31.4 Å². The van der Waals surface area contributed by atoms with Crippen molar-refractivity contribution in [3.8, 4) is 0 Å². The Hall–Kier alpha value is -3.36. The standard InChI is InChI=1S/C24H23N3O3S2/c1-17-14-23(18(2)27(17)16-21-10-7-13-31-21)24(28)25-19-8-6-9-20(15-19)26-32(29,30)22-11-4-3-5-12-22/h3-15,26H,16H2,1-2H3,(H,25,28). The SMILES string of the molecule is Cc1cc(C(=O)Nc2cccc(NS(=O)(=O)c3ccccc3)c2)c(C)n1Cc1cccs1. The highest BCUT2D eigenvalue weighted by Gasteiger charge is 2.17. The summed E-state index contributed by atoms with van der Waals surface area (Å²) in [6, 6.07) is 20.8. The van der Waals surface area contributed by atoms with Crippen LogP contribution in [0, 0.1) is 13.8 Å². The number of rotatable bonds is 7. The molecule has 0 fully saturated rings. The predicted molar refractivity (Wildman–Crippen MR) is 129 cm³/mol. The van der Waals surface area contributed by atoms with E-state index >= 15 is 0 Å². The maximum Gasteiger partial charge on any atom is 0.261 e. The molecule has 164 valence electrons. The molecule has 2 heterocycles. The highest BCUT2D eigenvalue weighted by Crippen LogP contribution is 2.23. The first kappa shape index (κ1) is 21.9. The molecule has 0 aliphatic rings. The van der Waals surface area contributed by atoms with Crippen molar-refractivity contribution in [1.29, 1.82) is 0 Å². The number of sulfonamides is 1. The number of nitrogens with zero attached hydrogens (tertiary/aromatic N) is 1. The molecule has 0 aliphatic heterocycles. The fourth-order valence-corrected chi connectivity index (χ4v) is 5.27. The van der Waals surface area contributed by atoms with Crippen molar-refractivity contribution < 1.29 is 13.2 Å². The lowest BCUT2D eigenvalue weighted by Gasteiger charge is -2.11. The second-order valence-corrected chi connectivity index (χ2v) is 10.1. The van der Waals surface area contributed by atoms with Crippen LogP contribution in [0.5, 0.6) is 0 Å². The van der Waals surface area contributed by atoms with Gasteiger partial charge in [-0.25, -0.2) is 8.42 Å². The maximum absolute atomic E-state index is 13.0. The zero-order chi connectivity index (χ0) is 22.7. The number of carbonyl (C=O) groups excluding carboxylic acids is 1. The third kappa shape index (κ3) is 4.76. The van der Waals surface area contributed by atoms with Crippen LogP contribution < -0.4 is 10.0 Å². The molecule has 2 aromatic heterocycles. The molecule has 0 saturated heterocycles. The van der Waals surface area contributed by atoms with Crippen molar-refractivity contribution in [3.05, 3.63) is 100 Å². The van der Waals surface area contributed by atoms with Gasteiger partial charge in [-0.15, -0.1) is 11.3 Å². The highest BCUT2D eigenvalue weighted by molar-refractivity contribution is 7.92. The molecular formula is C24H23N3O3S2. The fourth-order valence-electron chi connectivity index (χ4n) is 3.51. The molecular weight excluding hydrogens is 442 g/mol. The zero-order valence-corrected chi connectivity index (χ0v) is 19.3. The second-order valence-electron chi connectivity index (χ2n) is 7.40. The van der Waals surface area contributed by atoms with Crippen LogP contribution in [0.3, 0.4) is 0 Å². The van der Waals surface area contributed by atoms with Crippen molar-refractivity contribution in [1.82, 2.24) is 4.57 Å². The van der Waals surface area contributed by atoms with Gasteiger partial charge in [0.15, 0.2) is 0 Å². The Bertz CT molecular complexity index is 1340. The molecule has 2 aromatic carbocycles. The van der Waals surface area contributed by atoms with Crippen molar-refractivity contribution >= 4 is 38.6 Å². The normalized spacial score (nSPS) is 11.3. The summed E-state index contributed by atoms with van der Waals surface area (Å²) in [4.78, 5) is 14.4. The van der Waals surface area contributed by atoms with Gasteiger partial charge in [0.1, 0.15) is 0 Å². The third-order valence-corrected chi connectivity index (χ3v) is 7.40. The van der Waals surface area contributed by atoms with E-state index in [0.29, 0.717) is 16.9 Å². The largest absolute Gasteiger partial charge is 0.343 e. The van der Waals surface area contributed by atoms with Crippen LogP contribution in [0.15, 0.2) is 83.1 Å². The molecule has 0 aliphatic carbocycles. The first-order valence-electron chi connectivity index (χ1n) is 10.0. The molecule has 32 heavy (non-hydrogen) atoms. The van der Waals surface area contributed by atoms with E-state index in [2.05, 4.69) is 20.7 Å². The lowest BCUT2D eigenvalue weighted by atomic mass is 10.2. The van der Waals surface area contributed by atoms with Crippen LogP contribution in [0.1, 0.15) is 26.6 Å². The molecule has 0 unspecified atom stereocenters. The minimum Gasteiger partial charge on any atom is -0.343 e. The van der Waals surface area contributed by atoms with Crippen LogP contribution in [0.4, 0.5) is 11.4 Å². The Kier molecular flexibility index (Phi) is 6.16. The van der Waals surface area contributed by atoms with Crippen molar-refractivity contribution in [3.63, 3.8) is 0 Å². The Morgan fingerprint density at radius 3 is 2.41 bits per heavy atom. The van der Waals surface area contributed by atoms with Crippen molar-refractivity contribution in [2.45, 2.75) is 25.3 Å². The summed E-state index contributed by atoms with van der Waals surface area (Å²) in [5.41, 5.74) is 3.36. The van der Waals surface area contributed by atoms with E-state index in [4.69, 9.17) is 0 Å². The van der Waals surface area contributed by atoms with Gasteiger partial charge < -0.3 is 9.88 Å². The molecule has 4 rings (SSSR count). The van der Waals surface area contributed by atoms with E-state index in [1.54, 1.807) is 53.8 Å². The van der Waals surface area contributed by atoms with Gasteiger partial charge in [-0.1, -0.05) is 30.3 Å². The van der Waals surface area contributed by atoms with Crippen molar-refractivity contribution in [2.24, 2.45) is 0 Å². The van der Waals surface area contributed by atoms with Gasteiger partial charge >= 0.3 is 0 Å². The second kappa shape index (κ2) is 9.02. The van der Waals surface area contributed by atoms with Gasteiger partial charge in [0.25, 0.3) is 15.9 Å². The number of carbonyl (C=O) groups is 1. The van der Waals surface area contributed by atoms with Gasteiger partial charge in [-0.3, -0.25) is 9.52 Å². The monoisotopic (exact) mass is 465 g/mol. The summed E-state index contributed by atoms with van der Waals surface area (Å²) in [6.07, 6.45) is 0. The average molecular weight is 466 g/mol. The number of anilines is 2.